The van der Waals surface area contributed by atoms with Crippen molar-refractivity contribution in [1.29, 1.82) is 0 Å². The average molecular weight is 139 g/mol. The number of rotatable bonds is 0. The largest absolute Gasteiger partial charge is 0.387 e. The summed E-state index contributed by atoms with van der Waals surface area (Å²) in [6.07, 6.45) is 8.00. The molecule has 0 atom stereocenters. The van der Waals surface area contributed by atoms with Crippen molar-refractivity contribution in [2.75, 3.05) is 6.54 Å². The molecule has 0 fully saturated rings. The summed E-state index contributed by atoms with van der Waals surface area (Å²) >= 11 is 0. The molecule has 0 bridgehead atoms. The Morgan fingerprint density at radius 3 is 2.10 bits per heavy atom. The van der Waals surface area contributed by atoms with Crippen LogP contribution in [-0.4, -0.2) is 12.3 Å². The van der Waals surface area contributed by atoms with Gasteiger partial charge in [-0.1, -0.05) is 12.2 Å². The Balaban J connectivity index is 0.000000180. The number of ketones is 1. The maximum atomic E-state index is 9.44. The number of carbonyl (C=O) groups excluding carboxylic acids is 1. The Kier molecular flexibility index (Phi) is 5.44. The number of dihydropyridines is 1. The van der Waals surface area contributed by atoms with Crippen molar-refractivity contribution in [1.82, 2.24) is 5.32 Å². The lowest BCUT2D eigenvalue weighted by molar-refractivity contribution is -0.114. The summed E-state index contributed by atoms with van der Waals surface area (Å²) in [5, 5.41) is 3.02. The van der Waals surface area contributed by atoms with Crippen LogP contribution in [0.2, 0.25) is 0 Å². The van der Waals surface area contributed by atoms with Crippen LogP contribution in [0, 0.1) is 0 Å². The normalized spacial score (nSPS) is 13.0. The third-order valence-corrected chi connectivity index (χ3v) is 0.697. The Morgan fingerprint density at radius 1 is 1.40 bits per heavy atom. The molecule has 56 valence electrons. The molecule has 0 amide bonds. The number of hydrogen-bond donors (Lipinski definition) is 1. The van der Waals surface area contributed by atoms with Gasteiger partial charge in [0.25, 0.3) is 0 Å². The van der Waals surface area contributed by atoms with Gasteiger partial charge in [-0.05, 0) is 26.1 Å². The highest BCUT2D eigenvalue weighted by molar-refractivity contribution is 5.72. The highest BCUT2D eigenvalue weighted by Crippen LogP contribution is 1.78. The first kappa shape index (κ1) is 8.95. The van der Waals surface area contributed by atoms with Crippen LogP contribution in [0.15, 0.2) is 24.4 Å². The van der Waals surface area contributed by atoms with Crippen molar-refractivity contribution in [3.05, 3.63) is 24.4 Å². The first-order chi connectivity index (χ1) is 4.73. The van der Waals surface area contributed by atoms with Gasteiger partial charge in [0, 0.05) is 6.54 Å². The zero-order valence-electron chi connectivity index (χ0n) is 6.42. The van der Waals surface area contributed by atoms with Gasteiger partial charge in [0.05, 0.1) is 0 Å². The van der Waals surface area contributed by atoms with E-state index in [1.807, 2.05) is 18.4 Å². The van der Waals surface area contributed by atoms with E-state index in [4.69, 9.17) is 0 Å². The minimum Gasteiger partial charge on any atom is -0.387 e. The molecule has 1 aliphatic rings. The number of carbonyl (C=O) groups is 1. The van der Waals surface area contributed by atoms with Crippen LogP contribution in [0.1, 0.15) is 13.8 Å². The highest BCUT2D eigenvalue weighted by atomic mass is 16.1. The SMILES string of the molecule is C1=CCNC=C1.CC(C)=O. The van der Waals surface area contributed by atoms with Crippen LogP contribution in [0.4, 0.5) is 0 Å². The predicted molar refractivity (Wildman–Crippen MR) is 42.6 cm³/mol. The fourth-order valence-electron chi connectivity index (χ4n) is 0.406. The Bertz CT molecular complexity index is 131. The maximum Gasteiger partial charge on any atom is 0.126 e. The summed E-state index contributed by atoms with van der Waals surface area (Å²) in [5.41, 5.74) is 0. The molecule has 1 heterocycles. The average Bonchev–Trinajstić information content (AvgIpc) is 1.90. The summed E-state index contributed by atoms with van der Waals surface area (Å²) in [6.45, 7) is 4.04. The summed E-state index contributed by atoms with van der Waals surface area (Å²) in [6, 6.07) is 0. The molecule has 0 saturated heterocycles. The van der Waals surface area contributed by atoms with Crippen molar-refractivity contribution >= 4 is 5.78 Å². The van der Waals surface area contributed by atoms with Crippen molar-refractivity contribution in [2.45, 2.75) is 13.8 Å². The van der Waals surface area contributed by atoms with Crippen LogP contribution in [0.5, 0.6) is 0 Å². The van der Waals surface area contributed by atoms with Crippen LogP contribution in [-0.2, 0) is 4.79 Å². The summed E-state index contributed by atoms with van der Waals surface area (Å²) in [7, 11) is 0. The van der Waals surface area contributed by atoms with Crippen molar-refractivity contribution in [2.24, 2.45) is 0 Å². The second kappa shape index (κ2) is 6.08. The maximum absolute atomic E-state index is 9.44. The van der Waals surface area contributed by atoms with E-state index >= 15 is 0 Å². The van der Waals surface area contributed by atoms with Crippen molar-refractivity contribution in [3.8, 4) is 0 Å². The quantitative estimate of drug-likeness (QED) is 0.547. The zero-order chi connectivity index (χ0) is 7.82. The van der Waals surface area contributed by atoms with Crippen LogP contribution < -0.4 is 5.32 Å². The van der Waals surface area contributed by atoms with Gasteiger partial charge in [-0.25, -0.2) is 0 Å². The molecule has 10 heavy (non-hydrogen) atoms. The molecule has 1 rings (SSSR count). The lowest BCUT2D eigenvalue weighted by Gasteiger charge is -1.94. The summed E-state index contributed by atoms with van der Waals surface area (Å²) in [5.74, 6) is 0.167. The molecule has 0 saturated carbocycles. The van der Waals surface area contributed by atoms with Crippen molar-refractivity contribution < 1.29 is 4.79 Å². The van der Waals surface area contributed by atoms with Gasteiger partial charge < -0.3 is 10.1 Å². The number of Topliss-reactive ketones (excluding diaryl/α,β-unsaturated/α-hetero) is 1. The van der Waals surface area contributed by atoms with Gasteiger partial charge in [-0.3, -0.25) is 0 Å². The molecule has 1 aliphatic heterocycles. The monoisotopic (exact) mass is 139 g/mol. The molecule has 2 nitrogen and oxygen atoms in total. The van der Waals surface area contributed by atoms with E-state index in [2.05, 4.69) is 11.4 Å². The van der Waals surface area contributed by atoms with E-state index in [1.165, 1.54) is 13.8 Å². The third kappa shape index (κ3) is 10.0. The van der Waals surface area contributed by atoms with E-state index < -0.39 is 0 Å². The standard InChI is InChI=1S/C5H7N.C3H6O/c1-2-4-6-5-3-1;1-3(2)4/h1-4,6H,5H2;1-2H3. The Morgan fingerprint density at radius 2 is 2.00 bits per heavy atom. The molecule has 0 unspecified atom stereocenters. The lowest BCUT2D eigenvalue weighted by atomic mass is 10.4. The van der Waals surface area contributed by atoms with Gasteiger partial charge in [0.15, 0.2) is 0 Å². The Hall–Kier alpha value is -1.05. The smallest absolute Gasteiger partial charge is 0.126 e. The fraction of sp³-hybridized carbons (Fsp3) is 0.375. The van der Waals surface area contributed by atoms with Gasteiger partial charge in [0.2, 0.25) is 0 Å². The molecule has 1 N–H and O–H groups in total. The molecule has 0 aliphatic carbocycles. The van der Waals surface area contributed by atoms with E-state index in [9.17, 15) is 4.79 Å². The molecule has 0 aromatic carbocycles. The number of nitrogens with one attached hydrogen (secondary N) is 1. The fourth-order valence-corrected chi connectivity index (χ4v) is 0.406. The van der Waals surface area contributed by atoms with Gasteiger partial charge >= 0.3 is 0 Å². The second-order valence-corrected chi connectivity index (χ2v) is 2.10. The topological polar surface area (TPSA) is 29.1 Å². The van der Waals surface area contributed by atoms with Crippen molar-refractivity contribution in [3.63, 3.8) is 0 Å². The predicted octanol–water partition coefficient (Wildman–Crippen LogP) is 1.25. The third-order valence-electron chi connectivity index (χ3n) is 0.697. The molecule has 2 heteroatoms. The van der Waals surface area contributed by atoms with Crippen LogP contribution in [0.3, 0.4) is 0 Å². The van der Waals surface area contributed by atoms with E-state index in [-0.39, 0.29) is 5.78 Å². The van der Waals surface area contributed by atoms with Crippen LogP contribution >= 0.6 is 0 Å². The summed E-state index contributed by atoms with van der Waals surface area (Å²) in [4.78, 5) is 9.44. The van der Waals surface area contributed by atoms with Crippen LogP contribution in [0.25, 0.3) is 0 Å². The number of allylic oxidation sites excluding steroid dienone is 2. The van der Waals surface area contributed by atoms with Gasteiger partial charge in [-0.2, -0.15) is 0 Å². The second-order valence-electron chi connectivity index (χ2n) is 2.10. The minimum absolute atomic E-state index is 0.167. The molecular weight excluding hydrogens is 126 g/mol. The molecule has 0 aromatic heterocycles. The minimum atomic E-state index is 0.167. The first-order valence-electron chi connectivity index (χ1n) is 3.25. The Labute approximate surface area is 61.6 Å². The highest BCUT2D eigenvalue weighted by Gasteiger charge is 1.73. The number of hydrogen-bond acceptors (Lipinski definition) is 2. The molecule has 0 radical (unpaired) electrons. The molecule has 0 aromatic rings. The zero-order valence-corrected chi connectivity index (χ0v) is 6.42. The lowest BCUT2D eigenvalue weighted by Crippen LogP contribution is -2.05. The van der Waals surface area contributed by atoms with Gasteiger partial charge in [0.1, 0.15) is 5.78 Å². The molecule has 0 spiro atoms. The summed E-state index contributed by atoms with van der Waals surface area (Å²) < 4.78 is 0. The van der Waals surface area contributed by atoms with E-state index in [0.717, 1.165) is 6.54 Å². The van der Waals surface area contributed by atoms with E-state index in [0.29, 0.717) is 0 Å². The first-order valence-corrected chi connectivity index (χ1v) is 3.25. The van der Waals surface area contributed by atoms with E-state index in [1.54, 1.807) is 0 Å². The van der Waals surface area contributed by atoms with Gasteiger partial charge in [-0.15, -0.1) is 0 Å². The molecular formula is C8H13NO.